The van der Waals surface area contributed by atoms with Crippen LogP contribution in [0.2, 0.25) is 0 Å². The van der Waals surface area contributed by atoms with E-state index in [0.29, 0.717) is 18.2 Å². The van der Waals surface area contributed by atoms with Crippen molar-refractivity contribution in [3.05, 3.63) is 48.3 Å². The maximum Gasteiger partial charge on any atom is 0.132 e. The summed E-state index contributed by atoms with van der Waals surface area (Å²) >= 11 is 0. The lowest BCUT2D eigenvalue weighted by atomic mass is 10.2. The van der Waals surface area contributed by atoms with Crippen molar-refractivity contribution in [3.8, 4) is 0 Å². The molecule has 0 radical (unpaired) electrons. The quantitative estimate of drug-likeness (QED) is 0.502. The second-order valence-corrected chi connectivity index (χ2v) is 3.26. The number of benzene rings is 1. The predicted molar refractivity (Wildman–Crippen MR) is 70.6 cm³/mol. The van der Waals surface area contributed by atoms with Gasteiger partial charge in [-0.15, -0.1) is 0 Å². The first-order chi connectivity index (χ1) is 8.27. The van der Waals surface area contributed by atoms with Gasteiger partial charge in [-0.25, -0.2) is 4.99 Å². The number of hydrogen-bond acceptors (Lipinski definition) is 4. The lowest BCUT2D eigenvalue weighted by Gasteiger charge is -2.22. The number of nitrogens with one attached hydrogen (secondary N) is 2. The monoisotopic (exact) mass is 229 g/mol. The fourth-order valence-electron chi connectivity index (χ4n) is 1.39. The highest BCUT2D eigenvalue weighted by atomic mass is 15.2. The number of rotatable bonds is 1. The van der Waals surface area contributed by atoms with E-state index in [4.69, 9.17) is 16.6 Å². The lowest BCUT2D eigenvalue weighted by molar-refractivity contribution is 0.623. The molecule has 1 aromatic carbocycles. The molecule has 0 saturated heterocycles. The molecule has 5 nitrogen and oxygen atoms in total. The third kappa shape index (κ3) is 3.27. The van der Waals surface area contributed by atoms with Gasteiger partial charge in [-0.05, 0) is 6.72 Å². The zero-order valence-corrected chi connectivity index (χ0v) is 9.43. The summed E-state index contributed by atoms with van der Waals surface area (Å²) in [6.07, 6.45) is 3.36. The summed E-state index contributed by atoms with van der Waals surface area (Å²) in [4.78, 5) is 5.69. The van der Waals surface area contributed by atoms with Crippen LogP contribution >= 0.6 is 0 Å². The fourth-order valence-corrected chi connectivity index (χ4v) is 1.39. The Kier molecular flexibility index (Phi) is 4.62. The van der Waals surface area contributed by atoms with E-state index >= 15 is 0 Å². The van der Waals surface area contributed by atoms with Crippen molar-refractivity contribution in [1.29, 1.82) is 10.8 Å². The van der Waals surface area contributed by atoms with Crippen LogP contribution < -0.4 is 5.73 Å². The molecule has 4 N–H and O–H groups in total. The maximum atomic E-state index is 7.98. The van der Waals surface area contributed by atoms with Gasteiger partial charge in [0.15, 0.2) is 0 Å². The highest BCUT2D eigenvalue weighted by Crippen LogP contribution is 2.06. The van der Waals surface area contributed by atoms with Gasteiger partial charge in [0.1, 0.15) is 11.7 Å². The Morgan fingerprint density at radius 1 is 1.29 bits per heavy atom. The van der Waals surface area contributed by atoms with E-state index < -0.39 is 0 Å². The average molecular weight is 229 g/mol. The molecule has 0 spiro atoms. The van der Waals surface area contributed by atoms with Crippen LogP contribution in [0.1, 0.15) is 5.56 Å². The minimum absolute atomic E-state index is 0.435. The molecule has 0 unspecified atom stereocenters. The SMILES string of the molecule is C=N.N=C(c1ccccc1)N1C=CN=C(N)C1. The molecule has 88 valence electrons. The predicted octanol–water partition coefficient (Wildman–Crippen LogP) is 1.42. The Bertz CT molecular complexity index is 435. The summed E-state index contributed by atoms with van der Waals surface area (Å²) in [5.41, 5.74) is 6.47. The number of nitrogens with two attached hydrogens (primary N) is 1. The van der Waals surface area contributed by atoms with Gasteiger partial charge < -0.3 is 16.0 Å². The summed E-state index contributed by atoms with van der Waals surface area (Å²) in [6.45, 7) is 2.98. The smallest absolute Gasteiger partial charge is 0.132 e. The number of aliphatic imine (C=N–C) groups is 1. The van der Waals surface area contributed by atoms with Crippen LogP contribution in [0.5, 0.6) is 0 Å². The highest BCUT2D eigenvalue weighted by molar-refractivity contribution is 6.00. The van der Waals surface area contributed by atoms with E-state index in [9.17, 15) is 0 Å². The second-order valence-electron chi connectivity index (χ2n) is 3.26. The zero-order chi connectivity index (χ0) is 12.7. The first kappa shape index (κ1) is 12.6. The van der Waals surface area contributed by atoms with E-state index in [1.807, 2.05) is 30.3 Å². The van der Waals surface area contributed by atoms with Crippen LogP contribution in [0.25, 0.3) is 0 Å². The van der Waals surface area contributed by atoms with Crippen LogP contribution in [-0.4, -0.2) is 29.8 Å². The second kappa shape index (κ2) is 6.22. The van der Waals surface area contributed by atoms with Crippen LogP contribution in [0, 0.1) is 10.8 Å². The van der Waals surface area contributed by atoms with Gasteiger partial charge in [0.05, 0.1) is 6.54 Å². The normalized spacial score (nSPS) is 13.4. The molecule has 0 atom stereocenters. The maximum absolute atomic E-state index is 7.98. The van der Waals surface area contributed by atoms with Crippen LogP contribution in [-0.2, 0) is 0 Å². The standard InChI is InChI=1S/C11H12N4.CH3N/c12-10-8-15(7-6-14-10)11(13)9-4-2-1-3-5-9;1-2/h1-7,13H,8H2,(H2,12,14);2H,1H2. The van der Waals surface area contributed by atoms with Crippen molar-refractivity contribution in [3.63, 3.8) is 0 Å². The number of hydrogen-bond donors (Lipinski definition) is 3. The van der Waals surface area contributed by atoms with Crippen molar-refractivity contribution in [2.45, 2.75) is 0 Å². The molecular weight excluding hydrogens is 214 g/mol. The number of nitrogens with zero attached hydrogens (tertiary/aromatic N) is 2. The van der Waals surface area contributed by atoms with E-state index in [2.05, 4.69) is 11.7 Å². The Hall–Kier alpha value is -2.43. The van der Waals surface area contributed by atoms with Crippen molar-refractivity contribution < 1.29 is 0 Å². The van der Waals surface area contributed by atoms with Gasteiger partial charge in [-0.1, -0.05) is 30.3 Å². The average Bonchev–Trinajstić information content (AvgIpc) is 2.41. The van der Waals surface area contributed by atoms with Crippen LogP contribution in [0.4, 0.5) is 0 Å². The molecule has 1 aliphatic heterocycles. The molecular formula is C12H15N5. The Morgan fingerprint density at radius 2 is 1.94 bits per heavy atom. The molecule has 1 aromatic rings. The van der Waals surface area contributed by atoms with E-state index in [1.54, 1.807) is 17.3 Å². The third-order valence-corrected chi connectivity index (χ3v) is 2.15. The van der Waals surface area contributed by atoms with Gasteiger partial charge in [-0.3, -0.25) is 5.41 Å². The van der Waals surface area contributed by atoms with Crippen molar-refractivity contribution in [1.82, 2.24) is 4.90 Å². The topological polar surface area (TPSA) is 89.3 Å². The summed E-state index contributed by atoms with van der Waals surface area (Å²) in [6, 6.07) is 9.55. The first-order valence-electron chi connectivity index (χ1n) is 5.02. The molecule has 0 aromatic heterocycles. The molecule has 0 fully saturated rings. The molecule has 0 aliphatic carbocycles. The Morgan fingerprint density at radius 3 is 2.53 bits per heavy atom. The van der Waals surface area contributed by atoms with Gasteiger partial charge in [0, 0.05) is 18.0 Å². The molecule has 2 rings (SSSR count). The minimum atomic E-state index is 0.435. The molecule has 5 heteroatoms. The summed E-state index contributed by atoms with van der Waals surface area (Å²) in [5, 5.41) is 13.5. The summed E-state index contributed by atoms with van der Waals surface area (Å²) in [7, 11) is 0. The Balaban J connectivity index is 0.000000686. The van der Waals surface area contributed by atoms with Gasteiger partial charge in [0.25, 0.3) is 0 Å². The lowest BCUT2D eigenvalue weighted by Crippen LogP contribution is -2.36. The largest absolute Gasteiger partial charge is 0.386 e. The van der Waals surface area contributed by atoms with Crippen LogP contribution in [0.3, 0.4) is 0 Å². The molecule has 1 heterocycles. The fraction of sp³-hybridized carbons (Fsp3) is 0.0833. The van der Waals surface area contributed by atoms with E-state index in [0.717, 1.165) is 5.56 Å². The third-order valence-electron chi connectivity index (χ3n) is 2.15. The van der Waals surface area contributed by atoms with E-state index in [-0.39, 0.29) is 0 Å². The first-order valence-corrected chi connectivity index (χ1v) is 5.02. The molecule has 0 amide bonds. The van der Waals surface area contributed by atoms with Crippen molar-refractivity contribution in [2.75, 3.05) is 6.54 Å². The van der Waals surface area contributed by atoms with Gasteiger partial charge in [-0.2, -0.15) is 0 Å². The molecule has 1 aliphatic rings. The summed E-state index contributed by atoms with van der Waals surface area (Å²) in [5.74, 6) is 0.961. The Labute approximate surface area is 100 Å². The van der Waals surface area contributed by atoms with Gasteiger partial charge in [0.2, 0.25) is 0 Å². The van der Waals surface area contributed by atoms with Crippen molar-refractivity contribution >= 4 is 18.4 Å². The molecule has 17 heavy (non-hydrogen) atoms. The highest BCUT2D eigenvalue weighted by Gasteiger charge is 2.12. The molecule has 0 bridgehead atoms. The van der Waals surface area contributed by atoms with Crippen LogP contribution in [0.15, 0.2) is 47.7 Å². The zero-order valence-electron chi connectivity index (χ0n) is 9.43. The minimum Gasteiger partial charge on any atom is -0.386 e. The van der Waals surface area contributed by atoms with E-state index in [1.165, 1.54) is 0 Å². The number of amidine groups is 2. The summed E-state index contributed by atoms with van der Waals surface area (Å²) < 4.78 is 0. The van der Waals surface area contributed by atoms with Crippen molar-refractivity contribution in [2.24, 2.45) is 10.7 Å². The van der Waals surface area contributed by atoms with Gasteiger partial charge >= 0.3 is 0 Å². The molecule has 0 saturated carbocycles.